The Morgan fingerprint density at radius 3 is 3.00 bits per heavy atom. The Morgan fingerprint density at radius 1 is 1.47 bits per heavy atom. The molecule has 3 atom stereocenters. The van der Waals surface area contributed by atoms with Crippen molar-refractivity contribution in [3.05, 3.63) is 24.3 Å². The summed E-state index contributed by atoms with van der Waals surface area (Å²) in [6.07, 6.45) is 6.21. The molecule has 3 rings (SSSR count). The van der Waals surface area contributed by atoms with E-state index in [-0.39, 0.29) is 12.2 Å². The van der Waals surface area contributed by atoms with Crippen molar-refractivity contribution in [1.29, 1.82) is 0 Å². The van der Waals surface area contributed by atoms with Crippen molar-refractivity contribution in [1.82, 2.24) is 14.3 Å². The van der Waals surface area contributed by atoms with E-state index < -0.39 is 10.0 Å². The van der Waals surface area contributed by atoms with E-state index in [9.17, 15) is 8.42 Å². The molecule has 2 fully saturated rings. The molecular formula is C12H17N3O3S. The number of hydrogen-bond acceptors (Lipinski definition) is 5. The van der Waals surface area contributed by atoms with Gasteiger partial charge >= 0.3 is 0 Å². The van der Waals surface area contributed by atoms with E-state index in [2.05, 4.69) is 9.97 Å². The van der Waals surface area contributed by atoms with Crippen molar-refractivity contribution in [2.75, 3.05) is 19.3 Å². The van der Waals surface area contributed by atoms with Gasteiger partial charge in [0.05, 0.1) is 18.1 Å². The van der Waals surface area contributed by atoms with Crippen LogP contribution in [0.4, 0.5) is 0 Å². The smallest absolute Gasteiger partial charge is 0.211 e. The van der Waals surface area contributed by atoms with E-state index in [1.165, 1.54) is 16.9 Å². The molecule has 104 valence electrons. The van der Waals surface area contributed by atoms with Gasteiger partial charge in [-0.25, -0.2) is 18.4 Å². The third-order valence-electron chi connectivity index (χ3n) is 3.92. The maximum atomic E-state index is 11.6. The van der Waals surface area contributed by atoms with Gasteiger partial charge in [-0.05, 0) is 24.8 Å². The maximum Gasteiger partial charge on any atom is 0.211 e. The lowest BCUT2D eigenvalue weighted by Gasteiger charge is -2.32. The minimum Gasteiger partial charge on any atom is -0.367 e. The summed E-state index contributed by atoms with van der Waals surface area (Å²) in [6.45, 7) is 1.06. The Hall–Kier alpha value is -1.05. The summed E-state index contributed by atoms with van der Waals surface area (Å²) in [5.41, 5.74) is 0.885. The van der Waals surface area contributed by atoms with E-state index >= 15 is 0 Å². The average Bonchev–Trinajstić information content (AvgIpc) is 2.81. The van der Waals surface area contributed by atoms with Crippen LogP contribution in [0.15, 0.2) is 18.6 Å². The molecular weight excluding hydrogens is 266 g/mol. The highest BCUT2D eigenvalue weighted by Gasteiger charge is 2.41. The zero-order valence-corrected chi connectivity index (χ0v) is 11.6. The number of aromatic nitrogens is 2. The van der Waals surface area contributed by atoms with Crippen LogP contribution in [-0.4, -0.2) is 48.1 Å². The zero-order valence-electron chi connectivity index (χ0n) is 10.8. The van der Waals surface area contributed by atoms with Crippen molar-refractivity contribution < 1.29 is 13.2 Å². The summed E-state index contributed by atoms with van der Waals surface area (Å²) < 4.78 is 30.6. The predicted octanol–water partition coefficient (Wildman–Crippen LogP) is 0.588. The summed E-state index contributed by atoms with van der Waals surface area (Å²) in [6, 6.07) is 1.86. The van der Waals surface area contributed by atoms with E-state index in [0.29, 0.717) is 19.0 Å². The molecule has 0 N–H and O–H groups in total. The zero-order chi connectivity index (χ0) is 13.5. The lowest BCUT2D eigenvalue weighted by Crippen LogP contribution is -2.44. The van der Waals surface area contributed by atoms with Crippen molar-refractivity contribution in [3.63, 3.8) is 0 Å². The molecule has 1 aromatic rings. The highest BCUT2D eigenvalue weighted by atomic mass is 32.2. The number of piperidine rings is 1. The van der Waals surface area contributed by atoms with Crippen LogP contribution >= 0.6 is 0 Å². The maximum absolute atomic E-state index is 11.6. The van der Waals surface area contributed by atoms with Crippen LogP contribution in [0.1, 0.15) is 24.6 Å². The number of ether oxygens (including phenoxy) is 1. The van der Waals surface area contributed by atoms with Gasteiger partial charge in [0, 0.05) is 19.3 Å². The fourth-order valence-corrected chi connectivity index (χ4v) is 3.74. The fraction of sp³-hybridized carbons (Fsp3) is 0.667. The third kappa shape index (κ3) is 2.63. The molecule has 0 aliphatic carbocycles. The molecule has 3 heterocycles. The molecule has 0 spiro atoms. The first kappa shape index (κ1) is 13.0. The highest BCUT2D eigenvalue weighted by molar-refractivity contribution is 7.88. The van der Waals surface area contributed by atoms with Gasteiger partial charge in [0.2, 0.25) is 10.0 Å². The summed E-state index contributed by atoms with van der Waals surface area (Å²) in [7, 11) is -3.12. The summed E-state index contributed by atoms with van der Waals surface area (Å²) >= 11 is 0. The number of rotatable bonds is 2. The fourth-order valence-electron chi connectivity index (χ4n) is 2.89. The molecule has 0 amide bonds. The second-order valence-corrected chi connectivity index (χ2v) is 7.19. The second-order valence-electron chi connectivity index (χ2n) is 5.20. The minimum atomic E-state index is -3.12. The normalized spacial score (nSPS) is 32.2. The first-order valence-electron chi connectivity index (χ1n) is 6.40. The van der Waals surface area contributed by atoms with Gasteiger partial charge in [-0.3, -0.25) is 0 Å². The van der Waals surface area contributed by atoms with Crippen LogP contribution in [0.3, 0.4) is 0 Å². The molecule has 2 aliphatic rings. The Bertz CT molecular complexity index is 549. The van der Waals surface area contributed by atoms with Gasteiger partial charge in [-0.1, -0.05) is 0 Å². The van der Waals surface area contributed by atoms with E-state index in [0.717, 1.165) is 18.5 Å². The molecule has 0 saturated carbocycles. The van der Waals surface area contributed by atoms with Gasteiger partial charge in [0.15, 0.2) is 0 Å². The van der Waals surface area contributed by atoms with Crippen molar-refractivity contribution >= 4 is 10.0 Å². The van der Waals surface area contributed by atoms with Crippen LogP contribution in [0.2, 0.25) is 0 Å². The molecule has 6 nitrogen and oxygen atoms in total. The van der Waals surface area contributed by atoms with Gasteiger partial charge in [-0.2, -0.15) is 4.31 Å². The monoisotopic (exact) mass is 283 g/mol. The Labute approximate surface area is 112 Å². The summed E-state index contributed by atoms with van der Waals surface area (Å²) in [5, 5.41) is 0. The van der Waals surface area contributed by atoms with Crippen LogP contribution in [-0.2, 0) is 14.8 Å². The first-order valence-corrected chi connectivity index (χ1v) is 8.25. The van der Waals surface area contributed by atoms with E-state index in [4.69, 9.17) is 4.74 Å². The topological polar surface area (TPSA) is 72.4 Å². The largest absolute Gasteiger partial charge is 0.367 e. The van der Waals surface area contributed by atoms with Gasteiger partial charge in [0.1, 0.15) is 12.4 Å². The molecule has 0 aromatic carbocycles. The molecule has 2 saturated heterocycles. The van der Waals surface area contributed by atoms with Crippen molar-refractivity contribution in [2.45, 2.75) is 25.0 Å². The highest BCUT2D eigenvalue weighted by Crippen LogP contribution is 2.40. The molecule has 1 aromatic heterocycles. The number of sulfonamides is 1. The number of hydrogen-bond donors (Lipinski definition) is 0. The Balaban J connectivity index is 1.72. The molecule has 0 radical (unpaired) electrons. The van der Waals surface area contributed by atoms with E-state index in [1.807, 2.05) is 6.07 Å². The molecule has 0 unspecified atom stereocenters. The Morgan fingerprint density at radius 2 is 2.32 bits per heavy atom. The van der Waals surface area contributed by atoms with Gasteiger partial charge in [0.25, 0.3) is 0 Å². The Kier molecular flexibility index (Phi) is 3.28. The summed E-state index contributed by atoms with van der Waals surface area (Å²) in [5.74, 6) is 0.429. The predicted molar refractivity (Wildman–Crippen MR) is 68.8 cm³/mol. The SMILES string of the molecule is CS(=O)(=O)N1CC[C@@H]2C[C@@H](c3ccncn3)O[C@H]2C1. The molecule has 0 bridgehead atoms. The van der Waals surface area contributed by atoms with Gasteiger partial charge < -0.3 is 4.74 Å². The summed E-state index contributed by atoms with van der Waals surface area (Å²) in [4.78, 5) is 8.12. The quantitative estimate of drug-likeness (QED) is 0.794. The third-order valence-corrected chi connectivity index (χ3v) is 5.19. The average molecular weight is 283 g/mol. The van der Waals surface area contributed by atoms with Crippen LogP contribution < -0.4 is 0 Å². The van der Waals surface area contributed by atoms with Crippen molar-refractivity contribution in [2.24, 2.45) is 5.92 Å². The van der Waals surface area contributed by atoms with Crippen LogP contribution in [0, 0.1) is 5.92 Å². The number of fused-ring (bicyclic) bond motifs is 1. The van der Waals surface area contributed by atoms with Crippen LogP contribution in [0.25, 0.3) is 0 Å². The van der Waals surface area contributed by atoms with Gasteiger partial charge in [-0.15, -0.1) is 0 Å². The standard InChI is InChI=1S/C12H17N3O3S/c1-19(16,17)15-5-3-9-6-11(18-12(9)7-15)10-2-4-13-8-14-10/h2,4,8-9,11-12H,3,5-7H2,1H3/t9-,11+,12+/m1/s1. The van der Waals surface area contributed by atoms with E-state index in [1.54, 1.807) is 6.20 Å². The molecule has 19 heavy (non-hydrogen) atoms. The van der Waals surface area contributed by atoms with Crippen LogP contribution in [0.5, 0.6) is 0 Å². The number of nitrogens with zero attached hydrogens (tertiary/aromatic N) is 3. The lowest BCUT2D eigenvalue weighted by atomic mass is 9.92. The molecule has 7 heteroatoms. The van der Waals surface area contributed by atoms with Crippen molar-refractivity contribution in [3.8, 4) is 0 Å². The minimum absolute atomic E-state index is 0.0107. The second kappa shape index (κ2) is 4.81. The first-order chi connectivity index (χ1) is 9.04. The molecule has 2 aliphatic heterocycles. The lowest BCUT2D eigenvalue weighted by molar-refractivity contribution is 0.00872.